The molecule has 38 heavy (non-hydrogen) atoms. The SMILES string of the molecule is CCOC(=O)c1cncc(-c2cnc(N3CCOCC3)c3nc(C=Cc4ccc5ccccc5n4)cn23)c1. The van der Waals surface area contributed by atoms with E-state index in [0.29, 0.717) is 25.4 Å². The van der Waals surface area contributed by atoms with E-state index in [-0.39, 0.29) is 0 Å². The van der Waals surface area contributed by atoms with Crippen LogP contribution in [0.1, 0.15) is 28.7 Å². The Bertz CT molecular complexity index is 1660. The number of morpholine rings is 1. The topological polar surface area (TPSA) is 94.7 Å². The van der Waals surface area contributed by atoms with E-state index >= 15 is 0 Å². The number of pyridine rings is 2. The first-order valence-corrected chi connectivity index (χ1v) is 12.6. The van der Waals surface area contributed by atoms with Gasteiger partial charge in [-0.25, -0.2) is 19.7 Å². The highest BCUT2D eigenvalue weighted by Gasteiger charge is 2.20. The van der Waals surface area contributed by atoms with Gasteiger partial charge in [0.25, 0.3) is 0 Å². The summed E-state index contributed by atoms with van der Waals surface area (Å²) in [5, 5.41) is 1.10. The lowest BCUT2D eigenvalue weighted by molar-refractivity contribution is 0.0526. The minimum absolute atomic E-state index is 0.298. The summed E-state index contributed by atoms with van der Waals surface area (Å²) < 4.78 is 12.7. The van der Waals surface area contributed by atoms with Gasteiger partial charge in [0.2, 0.25) is 0 Å². The number of rotatable bonds is 6. The van der Waals surface area contributed by atoms with Crippen molar-refractivity contribution in [1.82, 2.24) is 24.3 Å². The Kier molecular flexibility index (Phi) is 6.49. The van der Waals surface area contributed by atoms with Crippen LogP contribution in [0.15, 0.2) is 67.3 Å². The number of hydrogen-bond donors (Lipinski definition) is 0. The second kappa shape index (κ2) is 10.4. The van der Waals surface area contributed by atoms with Crippen LogP contribution in [0.5, 0.6) is 0 Å². The van der Waals surface area contributed by atoms with E-state index in [0.717, 1.165) is 58.1 Å². The molecule has 190 valence electrons. The summed E-state index contributed by atoms with van der Waals surface area (Å²) in [4.78, 5) is 33.2. The van der Waals surface area contributed by atoms with Gasteiger partial charge < -0.3 is 14.4 Å². The average molecular weight is 507 g/mol. The molecule has 0 saturated carbocycles. The Morgan fingerprint density at radius 2 is 1.87 bits per heavy atom. The maximum Gasteiger partial charge on any atom is 0.339 e. The normalized spacial score (nSPS) is 14.0. The van der Waals surface area contributed by atoms with Crippen molar-refractivity contribution in [1.29, 1.82) is 0 Å². The standard InChI is InChI=1S/C29H26N6O3/c1-2-38-29(36)22-15-21(16-30-17-22)26-18-31-27(34-11-13-37-14-12-34)28-33-24(19-35(26)28)10-9-23-8-7-20-5-3-4-6-25(20)32-23/h3-10,15-19H,2,11-14H2,1H3. The van der Waals surface area contributed by atoms with E-state index in [1.165, 1.54) is 6.20 Å². The molecule has 0 N–H and O–H groups in total. The van der Waals surface area contributed by atoms with Gasteiger partial charge in [-0.2, -0.15) is 0 Å². The lowest BCUT2D eigenvalue weighted by Crippen LogP contribution is -2.37. The first kappa shape index (κ1) is 23.7. The molecule has 0 unspecified atom stereocenters. The summed E-state index contributed by atoms with van der Waals surface area (Å²) in [5.41, 5.74) is 5.17. The van der Waals surface area contributed by atoms with Crippen LogP contribution >= 0.6 is 0 Å². The Hall–Kier alpha value is -4.63. The number of hydrogen-bond acceptors (Lipinski definition) is 8. The van der Waals surface area contributed by atoms with Gasteiger partial charge in [0.1, 0.15) is 0 Å². The van der Waals surface area contributed by atoms with Crippen molar-refractivity contribution in [3.8, 4) is 11.3 Å². The molecule has 0 radical (unpaired) electrons. The van der Waals surface area contributed by atoms with Gasteiger partial charge in [0.05, 0.1) is 54.2 Å². The number of esters is 1. The van der Waals surface area contributed by atoms with Crippen LogP contribution < -0.4 is 4.90 Å². The van der Waals surface area contributed by atoms with E-state index in [1.54, 1.807) is 25.4 Å². The van der Waals surface area contributed by atoms with Crippen molar-refractivity contribution >= 4 is 40.5 Å². The maximum atomic E-state index is 12.3. The smallest absolute Gasteiger partial charge is 0.339 e. The van der Waals surface area contributed by atoms with Gasteiger partial charge in [0, 0.05) is 42.6 Å². The minimum atomic E-state index is -0.409. The second-order valence-electron chi connectivity index (χ2n) is 8.87. The zero-order valence-corrected chi connectivity index (χ0v) is 20.9. The zero-order valence-electron chi connectivity index (χ0n) is 20.9. The molecule has 4 aromatic heterocycles. The van der Waals surface area contributed by atoms with Gasteiger partial charge in [0.15, 0.2) is 11.5 Å². The number of aromatic nitrogens is 5. The molecule has 0 bridgehead atoms. The first-order valence-electron chi connectivity index (χ1n) is 12.6. The highest BCUT2D eigenvalue weighted by molar-refractivity contribution is 5.90. The van der Waals surface area contributed by atoms with Crippen LogP contribution in [0.2, 0.25) is 0 Å². The van der Waals surface area contributed by atoms with Crippen molar-refractivity contribution in [2.45, 2.75) is 6.92 Å². The molecule has 5 heterocycles. The zero-order chi connectivity index (χ0) is 25.9. The fourth-order valence-electron chi connectivity index (χ4n) is 4.53. The Labute approximate surface area is 219 Å². The van der Waals surface area contributed by atoms with Crippen molar-refractivity contribution in [2.24, 2.45) is 0 Å². The molecular weight excluding hydrogens is 480 g/mol. The molecule has 9 nitrogen and oxygen atoms in total. The molecule has 1 aliphatic heterocycles. The van der Waals surface area contributed by atoms with E-state index in [4.69, 9.17) is 24.4 Å². The van der Waals surface area contributed by atoms with Gasteiger partial charge in [-0.1, -0.05) is 24.3 Å². The Morgan fingerprint density at radius 1 is 1.03 bits per heavy atom. The second-order valence-corrected chi connectivity index (χ2v) is 8.87. The quantitative estimate of drug-likeness (QED) is 0.310. The number of fused-ring (bicyclic) bond motifs is 2. The van der Waals surface area contributed by atoms with E-state index in [1.807, 2.05) is 53.1 Å². The van der Waals surface area contributed by atoms with Crippen LogP contribution in [-0.2, 0) is 9.47 Å². The number of benzene rings is 1. The predicted molar refractivity (Wildman–Crippen MR) is 146 cm³/mol. The monoisotopic (exact) mass is 506 g/mol. The predicted octanol–water partition coefficient (Wildman–Crippen LogP) is 4.52. The van der Waals surface area contributed by atoms with Crippen LogP contribution in [0.25, 0.3) is 40.0 Å². The number of ether oxygens (including phenoxy) is 2. The molecule has 1 fully saturated rings. The largest absolute Gasteiger partial charge is 0.462 e. The molecular formula is C29H26N6O3. The number of carbonyl (C=O) groups is 1. The highest BCUT2D eigenvalue weighted by Crippen LogP contribution is 2.27. The van der Waals surface area contributed by atoms with E-state index in [9.17, 15) is 4.79 Å². The molecule has 1 saturated heterocycles. The molecule has 0 aliphatic carbocycles. The fourth-order valence-corrected chi connectivity index (χ4v) is 4.53. The summed E-state index contributed by atoms with van der Waals surface area (Å²) in [6, 6.07) is 13.9. The summed E-state index contributed by atoms with van der Waals surface area (Å²) in [5.74, 6) is 0.378. The number of imidazole rings is 1. The summed E-state index contributed by atoms with van der Waals surface area (Å²) in [7, 11) is 0. The summed E-state index contributed by atoms with van der Waals surface area (Å²) in [6.07, 6.45) is 10.9. The van der Waals surface area contributed by atoms with Crippen LogP contribution in [0.4, 0.5) is 5.82 Å². The molecule has 9 heteroatoms. The van der Waals surface area contributed by atoms with Crippen molar-refractivity contribution in [2.75, 3.05) is 37.8 Å². The Morgan fingerprint density at radius 3 is 2.74 bits per heavy atom. The van der Waals surface area contributed by atoms with Crippen molar-refractivity contribution in [3.05, 3.63) is 84.2 Å². The highest BCUT2D eigenvalue weighted by atomic mass is 16.5. The van der Waals surface area contributed by atoms with E-state index < -0.39 is 5.97 Å². The van der Waals surface area contributed by atoms with Crippen molar-refractivity contribution in [3.63, 3.8) is 0 Å². The lowest BCUT2D eigenvalue weighted by Gasteiger charge is -2.28. The lowest BCUT2D eigenvalue weighted by atomic mass is 10.1. The van der Waals surface area contributed by atoms with E-state index in [2.05, 4.69) is 16.0 Å². The molecule has 0 amide bonds. The molecule has 0 atom stereocenters. The minimum Gasteiger partial charge on any atom is -0.462 e. The average Bonchev–Trinajstić information content (AvgIpc) is 3.40. The first-order chi connectivity index (χ1) is 18.7. The third-order valence-electron chi connectivity index (χ3n) is 6.39. The van der Waals surface area contributed by atoms with Crippen molar-refractivity contribution < 1.29 is 14.3 Å². The van der Waals surface area contributed by atoms with Crippen LogP contribution in [0, 0.1) is 0 Å². The van der Waals surface area contributed by atoms with Gasteiger partial charge in [-0.15, -0.1) is 0 Å². The molecule has 0 spiro atoms. The molecule has 1 aliphatic rings. The number of nitrogens with zero attached hydrogens (tertiary/aromatic N) is 6. The van der Waals surface area contributed by atoms with Crippen LogP contribution in [0.3, 0.4) is 0 Å². The maximum absolute atomic E-state index is 12.3. The summed E-state index contributed by atoms with van der Waals surface area (Å²) >= 11 is 0. The third-order valence-corrected chi connectivity index (χ3v) is 6.39. The number of para-hydroxylation sites is 1. The number of anilines is 1. The van der Waals surface area contributed by atoms with Crippen LogP contribution in [-0.4, -0.2) is 63.2 Å². The number of carbonyl (C=O) groups excluding carboxylic acids is 1. The molecule has 6 rings (SSSR count). The van der Waals surface area contributed by atoms with Gasteiger partial charge >= 0.3 is 5.97 Å². The van der Waals surface area contributed by atoms with Gasteiger partial charge in [-0.05, 0) is 37.3 Å². The summed E-state index contributed by atoms with van der Waals surface area (Å²) in [6.45, 7) is 4.83. The van der Waals surface area contributed by atoms with Gasteiger partial charge in [-0.3, -0.25) is 9.38 Å². The Balaban J connectivity index is 1.42. The molecule has 1 aromatic carbocycles. The third kappa shape index (κ3) is 4.71. The fraction of sp³-hybridized carbons (Fsp3) is 0.207. The molecule has 5 aromatic rings.